The molecule has 4 nitrogen and oxygen atoms in total. The third kappa shape index (κ3) is 4.26. The van der Waals surface area contributed by atoms with Crippen molar-refractivity contribution in [3.05, 3.63) is 175 Å². The number of rotatable bonds is 4. The second kappa shape index (κ2) is 10.9. The highest BCUT2D eigenvalue weighted by Crippen LogP contribution is 2.51. The zero-order chi connectivity index (χ0) is 33.5. The molecular weight excluding hydrogens is 625 g/mol. The lowest BCUT2D eigenvalue weighted by Gasteiger charge is -2.13. The molecule has 1 aliphatic heterocycles. The van der Waals surface area contributed by atoms with Gasteiger partial charge in [0.1, 0.15) is 11.2 Å². The van der Waals surface area contributed by atoms with Gasteiger partial charge in [-0.05, 0) is 69.9 Å². The van der Waals surface area contributed by atoms with Crippen LogP contribution in [0.25, 0.3) is 82.5 Å². The second-order valence-corrected chi connectivity index (χ2v) is 13.3. The van der Waals surface area contributed by atoms with Crippen LogP contribution in [0.1, 0.15) is 11.8 Å². The van der Waals surface area contributed by atoms with E-state index in [1.165, 1.54) is 38.1 Å². The molecule has 2 aromatic heterocycles. The van der Waals surface area contributed by atoms with Crippen LogP contribution >= 0.6 is 0 Å². The summed E-state index contributed by atoms with van der Waals surface area (Å²) in [5.74, 6) is 0.826. The van der Waals surface area contributed by atoms with Crippen LogP contribution in [0.5, 0.6) is 5.75 Å². The summed E-state index contributed by atoms with van der Waals surface area (Å²) in [5, 5.41) is 10.7. The topological polar surface area (TPSA) is 39.3 Å². The summed E-state index contributed by atoms with van der Waals surface area (Å²) in [4.78, 5) is 0. The fraction of sp³-hybridized carbons (Fsp3) is 0.0213. The maximum Gasteiger partial charge on any atom is 0.196 e. The fourth-order valence-electron chi connectivity index (χ4n) is 8.06. The van der Waals surface area contributed by atoms with Crippen LogP contribution in [0.3, 0.4) is 0 Å². The van der Waals surface area contributed by atoms with Gasteiger partial charge >= 0.3 is 0 Å². The molecule has 1 N–H and O–H groups in total. The van der Waals surface area contributed by atoms with Crippen molar-refractivity contribution in [1.82, 2.24) is 4.57 Å². The molecule has 240 valence electrons. The summed E-state index contributed by atoms with van der Waals surface area (Å²) in [6.07, 6.45) is -0.339. The minimum atomic E-state index is -0.339. The highest BCUT2D eigenvalue weighted by Gasteiger charge is 2.30. The van der Waals surface area contributed by atoms with Crippen LogP contribution in [0.2, 0.25) is 0 Å². The molecule has 51 heavy (non-hydrogen) atoms. The van der Waals surface area contributed by atoms with Gasteiger partial charge in [0.25, 0.3) is 0 Å². The van der Waals surface area contributed by atoms with E-state index in [1.807, 2.05) is 12.1 Å². The third-order valence-corrected chi connectivity index (χ3v) is 10.4. The first-order valence-corrected chi connectivity index (χ1v) is 17.4. The molecule has 10 aromatic rings. The number of fused-ring (bicyclic) bond motifs is 9. The van der Waals surface area contributed by atoms with E-state index in [4.69, 9.17) is 9.15 Å². The standard InChI is InChI=1S/C47H30N2O2/c1-2-13-34(14-3-1)49-40-18-8-6-15-36(40)43-35(17-10-19-41(43)49)30-22-24-31(25-23-30)47-48-39-28-38(33-26-21-29-11-4-5-12-32(29)27-33)45-44(46(39)51-47)37-16-7-9-20-42(37)50-45/h1-28,47-48H. The highest BCUT2D eigenvalue weighted by molar-refractivity contribution is 6.17. The summed E-state index contributed by atoms with van der Waals surface area (Å²) in [5.41, 5.74) is 11.8. The Balaban J connectivity index is 1.00. The third-order valence-electron chi connectivity index (χ3n) is 10.4. The van der Waals surface area contributed by atoms with Crippen LogP contribution in [-0.4, -0.2) is 4.57 Å². The number of hydrogen-bond acceptors (Lipinski definition) is 3. The Morgan fingerprint density at radius 2 is 1.24 bits per heavy atom. The van der Waals surface area contributed by atoms with Crippen molar-refractivity contribution in [1.29, 1.82) is 0 Å². The normalized spacial score (nSPS) is 14.0. The molecule has 0 bridgehead atoms. The number of nitrogens with zero attached hydrogens (tertiary/aromatic N) is 1. The smallest absolute Gasteiger partial charge is 0.196 e. The molecule has 1 atom stereocenters. The van der Waals surface area contributed by atoms with E-state index in [1.54, 1.807) is 0 Å². The van der Waals surface area contributed by atoms with Crippen LogP contribution in [0.4, 0.5) is 5.69 Å². The van der Waals surface area contributed by atoms with E-state index in [0.717, 1.165) is 61.3 Å². The maximum atomic E-state index is 6.79. The summed E-state index contributed by atoms with van der Waals surface area (Å²) < 4.78 is 15.7. The van der Waals surface area contributed by atoms with Crippen molar-refractivity contribution in [2.45, 2.75) is 6.23 Å². The average molecular weight is 655 g/mol. The Bertz CT molecular complexity index is 2970. The molecular formula is C47H30N2O2. The van der Waals surface area contributed by atoms with Gasteiger partial charge in [-0.1, -0.05) is 127 Å². The lowest BCUT2D eigenvalue weighted by Crippen LogP contribution is -2.09. The minimum absolute atomic E-state index is 0.339. The van der Waals surface area contributed by atoms with Crippen molar-refractivity contribution in [3.63, 3.8) is 0 Å². The summed E-state index contributed by atoms with van der Waals surface area (Å²) in [6, 6.07) is 60.2. The van der Waals surface area contributed by atoms with Crippen LogP contribution < -0.4 is 10.1 Å². The molecule has 0 aliphatic carbocycles. The molecule has 3 heterocycles. The predicted molar refractivity (Wildman–Crippen MR) is 210 cm³/mol. The van der Waals surface area contributed by atoms with Gasteiger partial charge in [-0.15, -0.1) is 0 Å². The van der Waals surface area contributed by atoms with Gasteiger partial charge in [-0.2, -0.15) is 0 Å². The first kappa shape index (κ1) is 28.1. The number of hydrogen-bond donors (Lipinski definition) is 1. The molecule has 11 rings (SSSR count). The van der Waals surface area contributed by atoms with Gasteiger partial charge in [0.05, 0.1) is 22.1 Å². The molecule has 0 radical (unpaired) electrons. The average Bonchev–Trinajstić information content (AvgIpc) is 3.90. The summed E-state index contributed by atoms with van der Waals surface area (Å²) >= 11 is 0. The van der Waals surface area contributed by atoms with E-state index in [-0.39, 0.29) is 6.23 Å². The van der Waals surface area contributed by atoms with E-state index in [2.05, 4.69) is 168 Å². The van der Waals surface area contributed by atoms with Crippen molar-refractivity contribution >= 4 is 60.2 Å². The highest BCUT2D eigenvalue weighted by atomic mass is 16.5. The quantitative estimate of drug-likeness (QED) is 0.205. The fourth-order valence-corrected chi connectivity index (χ4v) is 8.06. The number of nitrogens with one attached hydrogen (secondary N) is 1. The summed E-state index contributed by atoms with van der Waals surface area (Å²) in [7, 11) is 0. The number of ether oxygens (including phenoxy) is 1. The number of furan rings is 1. The molecule has 0 amide bonds. The number of benzene rings is 8. The zero-order valence-corrected chi connectivity index (χ0v) is 27.5. The number of anilines is 1. The monoisotopic (exact) mass is 654 g/mol. The maximum absolute atomic E-state index is 6.79. The minimum Gasteiger partial charge on any atom is -0.464 e. The van der Waals surface area contributed by atoms with E-state index in [9.17, 15) is 0 Å². The molecule has 0 saturated carbocycles. The van der Waals surface area contributed by atoms with Gasteiger partial charge in [-0.25, -0.2) is 0 Å². The van der Waals surface area contributed by atoms with E-state index >= 15 is 0 Å². The summed E-state index contributed by atoms with van der Waals surface area (Å²) in [6.45, 7) is 0. The number of aromatic nitrogens is 1. The Kier molecular flexibility index (Phi) is 5.98. The first-order chi connectivity index (χ1) is 25.3. The molecule has 0 spiro atoms. The van der Waals surface area contributed by atoms with E-state index in [0.29, 0.717) is 0 Å². The Hall–Kier alpha value is -6.78. The van der Waals surface area contributed by atoms with Crippen molar-refractivity contribution in [3.8, 4) is 33.7 Å². The van der Waals surface area contributed by atoms with Crippen molar-refractivity contribution in [2.75, 3.05) is 5.32 Å². The SMILES string of the molecule is c1ccc(-n2c3ccccc3c3c(-c4ccc(C5Nc6cc(-c7ccc8ccccc8c7)c7oc8ccccc8c7c6O5)cc4)cccc32)cc1. The van der Waals surface area contributed by atoms with Gasteiger partial charge < -0.3 is 19.0 Å². The molecule has 1 unspecified atom stereocenters. The Morgan fingerprint density at radius 3 is 2.12 bits per heavy atom. The van der Waals surface area contributed by atoms with Crippen molar-refractivity contribution < 1.29 is 9.15 Å². The van der Waals surface area contributed by atoms with Gasteiger partial charge in [0.15, 0.2) is 12.0 Å². The van der Waals surface area contributed by atoms with Crippen LogP contribution in [-0.2, 0) is 0 Å². The van der Waals surface area contributed by atoms with Gasteiger partial charge in [0.2, 0.25) is 0 Å². The number of para-hydroxylation sites is 3. The molecule has 0 saturated heterocycles. The first-order valence-electron chi connectivity index (χ1n) is 17.4. The van der Waals surface area contributed by atoms with Crippen LogP contribution in [0, 0.1) is 0 Å². The predicted octanol–water partition coefficient (Wildman–Crippen LogP) is 12.7. The molecule has 8 aromatic carbocycles. The molecule has 4 heteroatoms. The van der Waals surface area contributed by atoms with Crippen molar-refractivity contribution in [2.24, 2.45) is 0 Å². The van der Waals surface area contributed by atoms with Gasteiger partial charge in [0, 0.05) is 33.0 Å². The lowest BCUT2D eigenvalue weighted by molar-refractivity contribution is 0.263. The van der Waals surface area contributed by atoms with E-state index < -0.39 is 0 Å². The lowest BCUT2D eigenvalue weighted by atomic mass is 9.98. The molecule has 1 aliphatic rings. The zero-order valence-electron chi connectivity index (χ0n) is 27.5. The van der Waals surface area contributed by atoms with Gasteiger partial charge in [-0.3, -0.25) is 0 Å². The largest absolute Gasteiger partial charge is 0.464 e. The van der Waals surface area contributed by atoms with Crippen LogP contribution in [0.15, 0.2) is 174 Å². The Labute approximate surface area is 293 Å². The Morgan fingerprint density at radius 1 is 0.510 bits per heavy atom. The molecule has 0 fully saturated rings. The second-order valence-electron chi connectivity index (χ2n) is 13.3.